The Balaban J connectivity index is 4.49. The maximum Gasteiger partial charge on any atom is 0.428 e. The van der Waals surface area contributed by atoms with Gasteiger partial charge >= 0.3 is 12.1 Å². The van der Waals surface area contributed by atoms with Crippen LogP contribution < -0.4 is 5.43 Å². The number of carboxylic acids is 1. The van der Waals surface area contributed by atoms with Crippen LogP contribution in [0.15, 0.2) is 5.10 Å². The molecular weight excluding hydrogens is 395 g/mol. The lowest BCUT2D eigenvalue weighted by Gasteiger charge is -2.18. The Bertz CT molecular complexity index is 435. The van der Waals surface area contributed by atoms with Crippen LogP contribution in [0.2, 0.25) is 0 Å². The summed E-state index contributed by atoms with van der Waals surface area (Å²) < 4.78 is 5.03. The molecular formula is C12H17IN2O4S. The van der Waals surface area contributed by atoms with E-state index in [1.165, 1.54) is 8.93 Å². The van der Waals surface area contributed by atoms with Gasteiger partial charge in [0.05, 0.1) is 0 Å². The number of aliphatic carboxylic acids is 1. The van der Waals surface area contributed by atoms with Crippen molar-refractivity contribution in [1.29, 1.82) is 0 Å². The molecule has 0 aromatic carbocycles. The molecule has 0 bridgehead atoms. The van der Waals surface area contributed by atoms with Crippen LogP contribution in [0.3, 0.4) is 0 Å². The van der Waals surface area contributed by atoms with Gasteiger partial charge in [-0.15, -0.1) is 0 Å². The van der Waals surface area contributed by atoms with Crippen molar-refractivity contribution < 1.29 is 19.4 Å². The number of nitrogens with one attached hydrogen (secondary N) is 1. The topological polar surface area (TPSA) is 88.0 Å². The van der Waals surface area contributed by atoms with Gasteiger partial charge in [-0.1, -0.05) is 0 Å². The van der Waals surface area contributed by atoms with Crippen molar-refractivity contribution in [1.82, 2.24) is 5.43 Å². The van der Waals surface area contributed by atoms with Gasteiger partial charge in [0.2, 0.25) is 0 Å². The van der Waals surface area contributed by atoms with E-state index in [1.54, 1.807) is 20.8 Å². The number of carbonyl (C=O) groups excluding carboxylic acids is 1. The molecule has 1 amide bonds. The molecule has 0 saturated heterocycles. The highest BCUT2D eigenvalue weighted by atomic mass is 127. The molecule has 20 heavy (non-hydrogen) atoms. The van der Waals surface area contributed by atoms with E-state index in [-0.39, 0.29) is 6.42 Å². The molecule has 0 aliphatic carbocycles. The summed E-state index contributed by atoms with van der Waals surface area (Å²) in [7, 11) is 1.28. The molecule has 0 unspecified atom stereocenters. The van der Waals surface area contributed by atoms with Gasteiger partial charge in [-0.3, -0.25) is 4.79 Å². The fourth-order valence-corrected chi connectivity index (χ4v) is 1.53. The molecule has 0 spiro atoms. The zero-order valence-corrected chi connectivity index (χ0v) is 14.5. The third-order valence-corrected chi connectivity index (χ3v) is 2.56. The van der Waals surface area contributed by atoms with E-state index < -0.39 is 17.7 Å². The van der Waals surface area contributed by atoms with Crippen molar-refractivity contribution >= 4 is 47.9 Å². The molecule has 0 aliphatic rings. The number of carboxylic acid groups (broad SMARTS) is 1. The Kier molecular flexibility index (Phi) is 9.41. The van der Waals surface area contributed by atoms with Crippen molar-refractivity contribution in [3.63, 3.8) is 0 Å². The van der Waals surface area contributed by atoms with Crippen molar-refractivity contribution in [2.75, 3.05) is 0 Å². The van der Waals surface area contributed by atoms with E-state index in [0.717, 1.165) is 0 Å². The smallest absolute Gasteiger partial charge is 0.428 e. The highest BCUT2D eigenvalue weighted by Gasteiger charge is 2.15. The summed E-state index contributed by atoms with van der Waals surface area (Å²) in [5.41, 5.74) is 2.06. The van der Waals surface area contributed by atoms with Gasteiger partial charge in [0.25, 0.3) is 0 Å². The molecule has 8 heteroatoms. The number of nitrogens with zero attached hydrogens (tertiary/aromatic N) is 1. The summed E-state index contributed by atoms with van der Waals surface area (Å²) in [6, 6.07) is 0. The number of hydrogen-bond donors (Lipinski definition) is 2. The molecule has 0 rings (SSSR count). The van der Waals surface area contributed by atoms with Gasteiger partial charge in [-0.2, -0.15) is 5.10 Å². The Hall–Kier alpha value is -0.950. The SMILES string of the molecule is CC(C)(C)OC(=O)N/N=C(\C#CSI)CCCC(=O)O. The molecule has 0 aromatic heterocycles. The van der Waals surface area contributed by atoms with Gasteiger partial charge < -0.3 is 9.84 Å². The number of amides is 1. The van der Waals surface area contributed by atoms with E-state index in [0.29, 0.717) is 18.6 Å². The molecule has 0 aromatic rings. The second-order valence-electron chi connectivity index (χ2n) is 4.72. The number of ether oxygens (including phenoxy) is 1. The van der Waals surface area contributed by atoms with Crippen LogP contribution in [0.5, 0.6) is 0 Å². The lowest BCUT2D eigenvalue weighted by molar-refractivity contribution is -0.137. The number of carbonyl (C=O) groups is 2. The summed E-state index contributed by atoms with van der Waals surface area (Å²) in [5.74, 6) is 1.88. The van der Waals surface area contributed by atoms with Gasteiger partial charge in [0, 0.05) is 34.0 Å². The van der Waals surface area contributed by atoms with Gasteiger partial charge in [0.15, 0.2) is 0 Å². The molecule has 0 atom stereocenters. The third kappa shape index (κ3) is 12.1. The Morgan fingerprint density at radius 3 is 2.55 bits per heavy atom. The predicted molar refractivity (Wildman–Crippen MR) is 87.7 cm³/mol. The first-order valence-corrected chi connectivity index (χ1v) is 9.16. The summed E-state index contributed by atoms with van der Waals surface area (Å²) in [4.78, 5) is 21.9. The molecule has 2 N–H and O–H groups in total. The van der Waals surface area contributed by atoms with E-state index in [4.69, 9.17) is 9.84 Å². The van der Waals surface area contributed by atoms with Crippen molar-refractivity contribution in [2.45, 2.75) is 45.6 Å². The van der Waals surface area contributed by atoms with Crippen LogP contribution in [0.4, 0.5) is 4.79 Å². The lowest BCUT2D eigenvalue weighted by Crippen LogP contribution is -2.30. The normalized spacial score (nSPS) is 11.3. The quantitative estimate of drug-likeness (QED) is 0.314. The summed E-state index contributed by atoms with van der Waals surface area (Å²) in [6.07, 6.45) is 0.152. The Morgan fingerprint density at radius 2 is 2.05 bits per heavy atom. The fourth-order valence-electron chi connectivity index (χ4n) is 1.05. The summed E-state index contributed by atoms with van der Waals surface area (Å²) >= 11 is 2.01. The minimum atomic E-state index is -0.874. The molecule has 0 saturated carbocycles. The average molecular weight is 412 g/mol. The zero-order valence-electron chi connectivity index (χ0n) is 11.5. The average Bonchev–Trinajstić information content (AvgIpc) is 2.29. The second-order valence-corrected chi connectivity index (χ2v) is 6.40. The molecule has 6 nitrogen and oxygen atoms in total. The van der Waals surface area contributed by atoms with Crippen LogP contribution in [-0.2, 0) is 9.53 Å². The van der Waals surface area contributed by atoms with Crippen LogP contribution in [0.1, 0.15) is 40.0 Å². The minimum Gasteiger partial charge on any atom is -0.481 e. The van der Waals surface area contributed by atoms with E-state index in [9.17, 15) is 9.59 Å². The van der Waals surface area contributed by atoms with Gasteiger partial charge in [0.1, 0.15) is 11.3 Å². The molecule has 0 aliphatic heterocycles. The molecule has 0 fully saturated rings. The van der Waals surface area contributed by atoms with Crippen molar-refractivity contribution in [3.05, 3.63) is 0 Å². The maximum absolute atomic E-state index is 11.4. The minimum absolute atomic E-state index is 0.0323. The lowest BCUT2D eigenvalue weighted by atomic mass is 10.2. The maximum atomic E-state index is 11.4. The monoisotopic (exact) mass is 412 g/mol. The van der Waals surface area contributed by atoms with E-state index in [2.05, 4.69) is 21.7 Å². The first-order chi connectivity index (χ1) is 9.24. The zero-order chi connectivity index (χ0) is 15.6. The second kappa shape index (κ2) is 9.88. The van der Waals surface area contributed by atoms with Crippen LogP contribution in [-0.4, -0.2) is 28.5 Å². The van der Waals surface area contributed by atoms with Crippen LogP contribution in [0, 0.1) is 11.2 Å². The summed E-state index contributed by atoms with van der Waals surface area (Å²) in [5, 5.41) is 15.2. The summed E-state index contributed by atoms with van der Waals surface area (Å²) in [6.45, 7) is 5.24. The number of halogens is 1. The Labute approximate surface area is 134 Å². The standard InChI is InChI=1S/C12H17IN2O4S/c1-12(2,3)19-11(18)15-14-9(7-8-20-13)5-4-6-10(16)17/h4-6H2,1-3H3,(H,15,18)(H,16,17)/b14-9-. The van der Waals surface area contributed by atoms with Gasteiger partial charge in [-0.05, 0) is 47.3 Å². The van der Waals surface area contributed by atoms with E-state index in [1.807, 2.05) is 21.2 Å². The fraction of sp³-hybridized carbons (Fsp3) is 0.583. The van der Waals surface area contributed by atoms with Crippen molar-refractivity contribution in [3.8, 4) is 11.2 Å². The number of rotatable bonds is 5. The highest BCUT2D eigenvalue weighted by molar-refractivity contribution is 14.2. The van der Waals surface area contributed by atoms with Crippen LogP contribution >= 0.6 is 30.1 Å². The number of hydrogen-bond acceptors (Lipinski definition) is 5. The first kappa shape index (κ1) is 19.1. The first-order valence-electron chi connectivity index (χ1n) is 5.80. The van der Waals surface area contributed by atoms with E-state index >= 15 is 0 Å². The number of hydrazone groups is 1. The third-order valence-electron chi connectivity index (χ3n) is 1.72. The van der Waals surface area contributed by atoms with Crippen LogP contribution in [0.25, 0.3) is 0 Å². The predicted octanol–water partition coefficient (Wildman–Crippen LogP) is 3.17. The Morgan fingerprint density at radius 1 is 1.40 bits per heavy atom. The van der Waals surface area contributed by atoms with Gasteiger partial charge in [-0.25, -0.2) is 10.2 Å². The largest absolute Gasteiger partial charge is 0.481 e. The van der Waals surface area contributed by atoms with Crippen molar-refractivity contribution in [2.24, 2.45) is 5.10 Å². The molecule has 0 radical (unpaired) electrons. The highest BCUT2D eigenvalue weighted by Crippen LogP contribution is 2.08. The molecule has 0 heterocycles. The molecule has 112 valence electrons.